The molecule has 0 atom stereocenters. The molecular weight excluding hydrogens is 333 g/mol. The number of nitrogens with zero attached hydrogens (tertiary/aromatic N) is 3. The summed E-state index contributed by atoms with van der Waals surface area (Å²) in [5.41, 5.74) is 7.47. The van der Waals surface area contributed by atoms with E-state index in [9.17, 15) is 0 Å². The molecule has 1 aliphatic rings. The average molecular weight is 352 g/mol. The molecule has 1 aromatic carbocycles. The van der Waals surface area contributed by atoms with Crippen LogP contribution in [0.4, 0.5) is 23.0 Å². The third-order valence-electron chi connectivity index (χ3n) is 4.15. The summed E-state index contributed by atoms with van der Waals surface area (Å²) in [4.78, 5) is 10.8. The maximum atomic E-state index is 6.28. The first kappa shape index (κ1) is 16.1. The minimum Gasteiger partial charge on any atom is -0.393 e. The Balaban J connectivity index is 1.86. The second-order valence-corrected chi connectivity index (χ2v) is 6.64. The Labute approximate surface area is 145 Å². The number of aromatic nitrogens is 2. The molecule has 1 saturated heterocycles. The minimum absolute atomic E-state index is 0.445. The van der Waals surface area contributed by atoms with Crippen LogP contribution >= 0.6 is 23.2 Å². The molecule has 0 radical (unpaired) electrons. The van der Waals surface area contributed by atoms with E-state index >= 15 is 0 Å². The van der Waals surface area contributed by atoms with Crippen molar-refractivity contribution in [1.82, 2.24) is 9.97 Å². The van der Waals surface area contributed by atoms with Gasteiger partial charge >= 0.3 is 0 Å². The summed E-state index contributed by atoms with van der Waals surface area (Å²) < 4.78 is 0. The van der Waals surface area contributed by atoms with Gasteiger partial charge in [0.15, 0.2) is 11.6 Å². The van der Waals surface area contributed by atoms with Crippen LogP contribution in [0.15, 0.2) is 24.5 Å². The van der Waals surface area contributed by atoms with Crippen LogP contribution < -0.4 is 16.0 Å². The van der Waals surface area contributed by atoms with Gasteiger partial charge in [-0.3, -0.25) is 0 Å². The lowest BCUT2D eigenvalue weighted by atomic mass is 9.99. The quantitative estimate of drug-likeness (QED) is 0.860. The Morgan fingerprint density at radius 1 is 1.22 bits per heavy atom. The zero-order valence-corrected chi connectivity index (χ0v) is 14.4. The minimum atomic E-state index is 0.445. The maximum Gasteiger partial charge on any atom is 0.159 e. The second kappa shape index (κ2) is 6.81. The van der Waals surface area contributed by atoms with Crippen LogP contribution in [0.3, 0.4) is 0 Å². The van der Waals surface area contributed by atoms with Gasteiger partial charge in [-0.25, -0.2) is 9.97 Å². The summed E-state index contributed by atoms with van der Waals surface area (Å²) in [5.74, 6) is 2.06. The fourth-order valence-electron chi connectivity index (χ4n) is 2.69. The Morgan fingerprint density at radius 3 is 2.70 bits per heavy atom. The van der Waals surface area contributed by atoms with Gasteiger partial charge in [0.2, 0.25) is 0 Å². The molecule has 1 aliphatic heterocycles. The molecule has 0 amide bonds. The fraction of sp³-hybridized carbons (Fsp3) is 0.375. The van der Waals surface area contributed by atoms with Gasteiger partial charge in [-0.05, 0) is 30.9 Å². The monoisotopic (exact) mass is 351 g/mol. The second-order valence-electron chi connectivity index (χ2n) is 5.86. The predicted molar refractivity (Wildman–Crippen MR) is 96.8 cm³/mol. The number of rotatable bonds is 3. The van der Waals surface area contributed by atoms with Crippen molar-refractivity contribution >= 4 is 46.2 Å². The van der Waals surface area contributed by atoms with Crippen LogP contribution in [0.5, 0.6) is 0 Å². The largest absolute Gasteiger partial charge is 0.393 e. The summed E-state index contributed by atoms with van der Waals surface area (Å²) >= 11 is 12.3. The highest BCUT2D eigenvalue weighted by atomic mass is 35.5. The third kappa shape index (κ3) is 3.46. The van der Waals surface area contributed by atoms with Crippen molar-refractivity contribution in [3.05, 3.63) is 34.6 Å². The van der Waals surface area contributed by atoms with Gasteiger partial charge in [0.1, 0.15) is 12.0 Å². The van der Waals surface area contributed by atoms with E-state index in [1.807, 2.05) is 12.1 Å². The van der Waals surface area contributed by atoms with Crippen molar-refractivity contribution in [2.45, 2.75) is 19.8 Å². The Kier molecular flexibility index (Phi) is 4.78. The van der Waals surface area contributed by atoms with Crippen molar-refractivity contribution in [2.75, 3.05) is 29.0 Å². The van der Waals surface area contributed by atoms with Crippen LogP contribution in [-0.2, 0) is 0 Å². The average Bonchev–Trinajstić information content (AvgIpc) is 2.55. The SMILES string of the molecule is CC1CCN(c2ncnc(Nc3cccc(Cl)c3Cl)c2N)CC1. The zero-order chi connectivity index (χ0) is 16.4. The number of hydrogen-bond donors (Lipinski definition) is 2. The molecule has 0 aliphatic carbocycles. The van der Waals surface area contributed by atoms with Gasteiger partial charge in [0.25, 0.3) is 0 Å². The zero-order valence-electron chi connectivity index (χ0n) is 12.9. The molecule has 23 heavy (non-hydrogen) atoms. The van der Waals surface area contributed by atoms with Crippen molar-refractivity contribution in [3.8, 4) is 0 Å². The van der Waals surface area contributed by atoms with E-state index in [2.05, 4.69) is 27.1 Å². The summed E-state index contributed by atoms with van der Waals surface area (Å²) in [7, 11) is 0. The van der Waals surface area contributed by atoms with E-state index in [0.717, 1.165) is 37.7 Å². The van der Waals surface area contributed by atoms with Gasteiger partial charge < -0.3 is 16.0 Å². The molecule has 1 fully saturated rings. The van der Waals surface area contributed by atoms with Crippen molar-refractivity contribution < 1.29 is 0 Å². The smallest absolute Gasteiger partial charge is 0.159 e. The van der Waals surface area contributed by atoms with Gasteiger partial charge in [0, 0.05) is 13.1 Å². The topological polar surface area (TPSA) is 67.1 Å². The number of nitrogen functional groups attached to an aromatic ring is 1. The highest BCUT2D eigenvalue weighted by molar-refractivity contribution is 6.43. The molecule has 0 bridgehead atoms. The lowest BCUT2D eigenvalue weighted by molar-refractivity contribution is 0.437. The van der Waals surface area contributed by atoms with E-state index in [-0.39, 0.29) is 0 Å². The molecule has 0 saturated carbocycles. The summed E-state index contributed by atoms with van der Waals surface area (Å²) in [6.45, 7) is 4.19. The van der Waals surface area contributed by atoms with Gasteiger partial charge in [-0.15, -0.1) is 0 Å². The van der Waals surface area contributed by atoms with Crippen LogP contribution in [0.25, 0.3) is 0 Å². The number of nitrogens with two attached hydrogens (primary N) is 1. The Morgan fingerprint density at radius 2 is 1.96 bits per heavy atom. The molecule has 5 nitrogen and oxygen atoms in total. The first-order chi connectivity index (χ1) is 11.1. The molecule has 0 spiro atoms. The van der Waals surface area contributed by atoms with Crippen molar-refractivity contribution in [3.63, 3.8) is 0 Å². The van der Waals surface area contributed by atoms with E-state index in [0.29, 0.717) is 27.2 Å². The highest BCUT2D eigenvalue weighted by Crippen LogP contribution is 2.35. The van der Waals surface area contributed by atoms with E-state index in [4.69, 9.17) is 28.9 Å². The Bertz CT molecular complexity index is 699. The molecule has 2 heterocycles. The van der Waals surface area contributed by atoms with Crippen LogP contribution in [0.2, 0.25) is 10.0 Å². The summed E-state index contributed by atoms with van der Waals surface area (Å²) in [5, 5.41) is 4.08. The number of anilines is 4. The van der Waals surface area contributed by atoms with Crippen molar-refractivity contribution in [2.24, 2.45) is 5.92 Å². The molecule has 2 aromatic rings. The van der Waals surface area contributed by atoms with E-state index in [1.54, 1.807) is 6.07 Å². The molecule has 7 heteroatoms. The normalized spacial score (nSPS) is 15.7. The molecule has 0 unspecified atom stereocenters. The fourth-order valence-corrected chi connectivity index (χ4v) is 3.03. The van der Waals surface area contributed by atoms with Crippen LogP contribution in [0, 0.1) is 5.92 Å². The van der Waals surface area contributed by atoms with E-state index in [1.165, 1.54) is 6.33 Å². The maximum absolute atomic E-state index is 6.28. The first-order valence-electron chi connectivity index (χ1n) is 7.62. The van der Waals surface area contributed by atoms with Crippen molar-refractivity contribution in [1.29, 1.82) is 0 Å². The molecule has 122 valence electrons. The predicted octanol–water partition coefficient (Wildman–Crippen LogP) is 4.35. The Hall–Kier alpha value is -1.72. The highest BCUT2D eigenvalue weighted by Gasteiger charge is 2.20. The van der Waals surface area contributed by atoms with Gasteiger partial charge in [-0.1, -0.05) is 36.2 Å². The number of benzene rings is 1. The number of hydrogen-bond acceptors (Lipinski definition) is 5. The van der Waals surface area contributed by atoms with E-state index < -0.39 is 0 Å². The lowest BCUT2D eigenvalue weighted by Crippen LogP contribution is -2.34. The third-order valence-corrected chi connectivity index (χ3v) is 4.97. The molecule has 1 aromatic heterocycles. The molecule has 3 rings (SSSR count). The number of nitrogens with one attached hydrogen (secondary N) is 1. The van der Waals surface area contributed by atoms with Gasteiger partial charge in [-0.2, -0.15) is 0 Å². The van der Waals surface area contributed by atoms with Crippen LogP contribution in [0.1, 0.15) is 19.8 Å². The standard InChI is InChI=1S/C16H19Cl2N5/c1-10-5-7-23(8-6-10)16-14(19)15(20-9-21-16)22-12-4-2-3-11(17)13(12)18/h2-4,9-10H,5-8,19H2,1H3,(H,20,21,22). The summed E-state index contributed by atoms with van der Waals surface area (Å²) in [6, 6.07) is 5.39. The summed E-state index contributed by atoms with van der Waals surface area (Å²) in [6.07, 6.45) is 3.81. The number of piperidine rings is 1. The molecule has 3 N–H and O–H groups in total. The van der Waals surface area contributed by atoms with Crippen LogP contribution in [-0.4, -0.2) is 23.1 Å². The first-order valence-corrected chi connectivity index (χ1v) is 8.38. The molecular formula is C16H19Cl2N5. The van der Waals surface area contributed by atoms with Gasteiger partial charge in [0.05, 0.1) is 15.7 Å². The number of halogens is 2. The lowest BCUT2D eigenvalue weighted by Gasteiger charge is -2.32.